The van der Waals surface area contributed by atoms with Crippen molar-refractivity contribution in [3.05, 3.63) is 30.2 Å². The first-order valence-corrected chi connectivity index (χ1v) is 8.92. The molecule has 0 aromatic carbocycles. The number of carbonyl (C=O) groups is 1. The minimum absolute atomic E-state index is 0.0272. The Bertz CT molecular complexity index is 602. The van der Waals surface area contributed by atoms with Gasteiger partial charge in [-0.3, -0.25) is 4.79 Å². The minimum atomic E-state index is 0.0272. The Morgan fingerprint density at radius 2 is 2.32 bits per heavy atom. The lowest BCUT2D eigenvalue weighted by Gasteiger charge is -2.20. The average molecular weight is 346 g/mol. The number of hydrogen-bond acceptors (Lipinski definition) is 6. The summed E-state index contributed by atoms with van der Waals surface area (Å²) >= 11 is 0. The lowest BCUT2D eigenvalue weighted by atomic mass is 10.1. The Labute approximate surface area is 148 Å². The van der Waals surface area contributed by atoms with Crippen LogP contribution >= 0.6 is 0 Å². The van der Waals surface area contributed by atoms with Gasteiger partial charge in [-0.1, -0.05) is 6.08 Å². The summed E-state index contributed by atoms with van der Waals surface area (Å²) in [5.74, 6) is 0.869. The van der Waals surface area contributed by atoms with Gasteiger partial charge in [0.2, 0.25) is 5.91 Å². The van der Waals surface area contributed by atoms with Gasteiger partial charge in [0.1, 0.15) is 18.8 Å². The number of fused-ring (bicyclic) bond motifs is 1. The second kappa shape index (κ2) is 8.92. The Hall–Kier alpha value is -1.99. The average Bonchev–Trinajstić information content (AvgIpc) is 3.04. The molecule has 1 aromatic rings. The quantitative estimate of drug-likeness (QED) is 0.748. The van der Waals surface area contributed by atoms with Gasteiger partial charge in [0.15, 0.2) is 0 Å². The Morgan fingerprint density at radius 3 is 3.12 bits per heavy atom. The molecule has 1 amide bonds. The number of ether oxygens (including phenoxy) is 2. The molecule has 0 saturated carbocycles. The summed E-state index contributed by atoms with van der Waals surface area (Å²) in [6.07, 6.45) is 7.10. The maximum Gasteiger partial charge on any atom is 0.248 e. The normalized spacial score (nSPS) is 20.0. The standard InChI is InChI=1S/C18H26N4O3/c1-2-7-19-18-15-5-8-22(9-6-16(15)20-13-21-18)17(23)12-24-11-14-4-3-10-25-14/h2,13-14H,1,3-12H2,(H,19,20,21)/t14-/m1/s1. The molecular weight excluding hydrogens is 320 g/mol. The van der Waals surface area contributed by atoms with E-state index in [2.05, 4.69) is 21.9 Å². The first-order valence-electron chi connectivity index (χ1n) is 8.92. The second-order valence-corrected chi connectivity index (χ2v) is 6.35. The van der Waals surface area contributed by atoms with Crippen LogP contribution in [0.1, 0.15) is 24.1 Å². The predicted octanol–water partition coefficient (Wildman–Crippen LogP) is 1.20. The van der Waals surface area contributed by atoms with E-state index in [0.717, 1.165) is 49.4 Å². The molecule has 7 nitrogen and oxygen atoms in total. The van der Waals surface area contributed by atoms with Crippen molar-refractivity contribution in [3.8, 4) is 0 Å². The van der Waals surface area contributed by atoms with E-state index >= 15 is 0 Å². The molecule has 0 radical (unpaired) electrons. The largest absolute Gasteiger partial charge is 0.376 e. The molecule has 2 aliphatic rings. The van der Waals surface area contributed by atoms with E-state index in [1.807, 2.05) is 4.90 Å². The SMILES string of the molecule is C=CCNc1ncnc2c1CCN(C(=O)COC[C@H]1CCCO1)CC2. The van der Waals surface area contributed by atoms with Gasteiger partial charge >= 0.3 is 0 Å². The fourth-order valence-electron chi connectivity index (χ4n) is 3.24. The molecule has 2 aliphatic heterocycles. The van der Waals surface area contributed by atoms with Crippen LogP contribution in [0.3, 0.4) is 0 Å². The molecule has 0 bridgehead atoms. The maximum absolute atomic E-state index is 12.4. The van der Waals surface area contributed by atoms with Crippen LogP contribution in [0.25, 0.3) is 0 Å². The molecule has 1 fully saturated rings. The molecule has 136 valence electrons. The van der Waals surface area contributed by atoms with Crippen LogP contribution in [0, 0.1) is 0 Å². The lowest BCUT2D eigenvalue weighted by molar-refractivity contribution is -0.137. The highest BCUT2D eigenvalue weighted by Gasteiger charge is 2.22. The van der Waals surface area contributed by atoms with Gasteiger partial charge in [-0.05, 0) is 19.3 Å². The number of nitrogens with zero attached hydrogens (tertiary/aromatic N) is 3. The number of nitrogens with one attached hydrogen (secondary N) is 1. The molecule has 0 aliphatic carbocycles. The summed E-state index contributed by atoms with van der Waals surface area (Å²) in [6, 6.07) is 0. The fraction of sp³-hybridized carbons (Fsp3) is 0.611. The zero-order valence-electron chi connectivity index (χ0n) is 14.6. The molecule has 1 saturated heterocycles. The summed E-state index contributed by atoms with van der Waals surface area (Å²) in [6.45, 7) is 7.11. The third-order valence-electron chi connectivity index (χ3n) is 4.60. The van der Waals surface area contributed by atoms with Crippen molar-refractivity contribution in [2.75, 3.05) is 44.8 Å². The van der Waals surface area contributed by atoms with Gasteiger partial charge < -0.3 is 19.7 Å². The van der Waals surface area contributed by atoms with Crippen molar-refractivity contribution in [2.45, 2.75) is 31.8 Å². The molecule has 7 heteroatoms. The number of amides is 1. The smallest absolute Gasteiger partial charge is 0.248 e. The molecule has 3 rings (SSSR count). The summed E-state index contributed by atoms with van der Waals surface area (Å²) in [5.41, 5.74) is 2.11. The highest BCUT2D eigenvalue weighted by atomic mass is 16.5. The van der Waals surface area contributed by atoms with Crippen molar-refractivity contribution in [1.29, 1.82) is 0 Å². The maximum atomic E-state index is 12.4. The van der Waals surface area contributed by atoms with E-state index in [1.54, 1.807) is 12.4 Å². The van der Waals surface area contributed by atoms with Crippen LogP contribution in [0.15, 0.2) is 19.0 Å². The molecular formula is C18H26N4O3. The van der Waals surface area contributed by atoms with Crippen molar-refractivity contribution < 1.29 is 14.3 Å². The third kappa shape index (κ3) is 4.76. The summed E-state index contributed by atoms with van der Waals surface area (Å²) < 4.78 is 11.1. The number of hydrogen-bond donors (Lipinski definition) is 1. The first kappa shape index (κ1) is 17.8. The number of rotatable bonds is 7. The van der Waals surface area contributed by atoms with Crippen LogP contribution < -0.4 is 5.32 Å². The van der Waals surface area contributed by atoms with E-state index in [9.17, 15) is 4.79 Å². The molecule has 0 spiro atoms. The van der Waals surface area contributed by atoms with E-state index in [0.29, 0.717) is 26.2 Å². The molecule has 0 unspecified atom stereocenters. The zero-order valence-corrected chi connectivity index (χ0v) is 14.6. The second-order valence-electron chi connectivity index (χ2n) is 6.35. The van der Waals surface area contributed by atoms with Crippen LogP contribution in [-0.4, -0.2) is 66.3 Å². The monoisotopic (exact) mass is 346 g/mol. The summed E-state index contributed by atoms with van der Waals surface area (Å²) in [7, 11) is 0. The van der Waals surface area contributed by atoms with Crippen LogP contribution in [-0.2, 0) is 27.1 Å². The van der Waals surface area contributed by atoms with Crippen LogP contribution in [0.2, 0.25) is 0 Å². The van der Waals surface area contributed by atoms with Crippen molar-refractivity contribution in [3.63, 3.8) is 0 Å². The van der Waals surface area contributed by atoms with E-state index < -0.39 is 0 Å². The number of aromatic nitrogens is 2. The zero-order chi connectivity index (χ0) is 17.5. The summed E-state index contributed by atoms with van der Waals surface area (Å²) in [5, 5.41) is 3.25. The Balaban J connectivity index is 1.52. The number of anilines is 1. The highest BCUT2D eigenvalue weighted by molar-refractivity contribution is 5.77. The van der Waals surface area contributed by atoms with Gasteiger partial charge in [-0.25, -0.2) is 9.97 Å². The van der Waals surface area contributed by atoms with Crippen molar-refractivity contribution in [1.82, 2.24) is 14.9 Å². The molecule has 1 N–H and O–H groups in total. The first-order chi connectivity index (χ1) is 12.3. The molecule has 1 aromatic heterocycles. The predicted molar refractivity (Wildman–Crippen MR) is 94.5 cm³/mol. The third-order valence-corrected chi connectivity index (χ3v) is 4.60. The van der Waals surface area contributed by atoms with Crippen molar-refractivity contribution >= 4 is 11.7 Å². The van der Waals surface area contributed by atoms with Gasteiger partial charge in [0, 0.05) is 38.2 Å². The van der Waals surface area contributed by atoms with E-state index in [-0.39, 0.29) is 18.6 Å². The fourth-order valence-corrected chi connectivity index (χ4v) is 3.24. The Morgan fingerprint density at radius 1 is 1.44 bits per heavy atom. The van der Waals surface area contributed by atoms with Gasteiger partial charge in [-0.2, -0.15) is 0 Å². The van der Waals surface area contributed by atoms with E-state index in [1.165, 1.54) is 0 Å². The topological polar surface area (TPSA) is 76.6 Å². The molecule has 25 heavy (non-hydrogen) atoms. The molecule has 3 heterocycles. The number of carbonyl (C=O) groups excluding carboxylic acids is 1. The minimum Gasteiger partial charge on any atom is -0.376 e. The van der Waals surface area contributed by atoms with Gasteiger partial charge in [-0.15, -0.1) is 6.58 Å². The van der Waals surface area contributed by atoms with Gasteiger partial charge in [0.25, 0.3) is 0 Å². The van der Waals surface area contributed by atoms with Crippen molar-refractivity contribution in [2.24, 2.45) is 0 Å². The van der Waals surface area contributed by atoms with E-state index in [4.69, 9.17) is 9.47 Å². The lowest BCUT2D eigenvalue weighted by Crippen LogP contribution is -2.36. The van der Waals surface area contributed by atoms with Crippen LogP contribution in [0.4, 0.5) is 5.82 Å². The van der Waals surface area contributed by atoms with Gasteiger partial charge in [0.05, 0.1) is 18.4 Å². The van der Waals surface area contributed by atoms with Crippen LogP contribution in [0.5, 0.6) is 0 Å². The summed E-state index contributed by atoms with van der Waals surface area (Å²) in [4.78, 5) is 23.0. The highest BCUT2D eigenvalue weighted by Crippen LogP contribution is 2.20. The molecule has 1 atom stereocenters. The Kier molecular flexibility index (Phi) is 6.36.